The zero-order valence-corrected chi connectivity index (χ0v) is 19.2. The Kier molecular flexibility index (Phi) is 6.86. The number of nitriles is 1. The van der Waals surface area contributed by atoms with Crippen molar-refractivity contribution in [2.45, 2.75) is 11.5 Å². The predicted octanol–water partition coefficient (Wildman–Crippen LogP) is 2.90. The Morgan fingerprint density at radius 1 is 1.00 bits per heavy atom. The molecule has 0 fully saturated rings. The summed E-state index contributed by atoms with van der Waals surface area (Å²) < 4.78 is 63.1. The molecule has 0 saturated carbocycles. The highest BCUT2D eigenvalue weighted by molar-refractivity contribution is 7.85. The van der Waals surface area contributed by atoms with Crippen molar-refractivity contribution in [2.24, 2.45) is 0 Å². The molecule has 0 atom stereocenters. The van der Waals surface area contributed by atoms with Crippen LogP contribution in [-0.4, -0.2) is 31.8 Å². The second-order valence-electron chi connectivity index (χ2n) is 7.02. The van der Waals surface area contributed by atoms with Gasteiger partial charge in [0.1, 0.15) is 22.6 Å². The van der Waals surface area contributed by atoms with Crippen molar-refractivity contribution in [3.8, 4) is 17.2 Å². The van der Waals surface area contributed by atoms with Gasteiger partial charge in [0.2, 0.25) is 0 Å². The van der Waals surface area contributed by atoms with Crippen molar-refractivity contribution in [1.29, 1.82) is 5.26 Å². The van der Waals surface area contributed by atoms with Crippen molar-refractivity contribution in [1.82, 2.24) is 0 Å². The van der Waals surface area contributed by atoms with Gasteiger partial charge in [-0.3, -0.25) is 13.9 Å². The first-order valence-corrected chi connectivity index (χ1v) is 13.2. The van der Waals surface area contributed by atoms with Gasteiger partial charge >= 0.3 is 0 Å². The second kappa shape index (κ2) is 9.30. The SMILES string of the molecule is N#Cc1c(-c2ccc(NC(=O)c3cc(CS(=O)(=O)O)cc(CS(=O)(=O)O)c3)cc2)csc1N. The molecule has 1 amide bonds. The number of hydrogen-bond donors (Lipinski definition) is 4. The van der Waals surface area contributed by atoms with Crippen molar-refractivity contribution in [3.63, 3.8) is 0 Å². The maximum absolute atomic E-state index is 12.7. The second-order valence-corrected chi connectivity index (χ2v) is 10.8. The highest BCUT2D eigenvalue weighted by atomic mass is 32.2. The predicted molar refractivity (Wildman–Crippen MR) is 124 cm³/mol. The molecule has 1 aromatic heterocycles. The molecule has 2 aromatic carbocycles. The molecule has 0 radical (unpaired) electrons. The summed E-state index contributed by atoms with van der Waals surface area (Å²) in [4.78, 5) is 12.7. The number of nitrogen functional groups attached to an aromatic ring is 1. The fourth-order valence-electron chi connectivity index (χ4n) is 3.12. The van der Waals surface area contributed by atoms with E-state index in [1.165, 1.54) is 23.5 Å². The molecule has 1 heterocycles. The molecule has 5 N–H and O–H groups in total. The van der Waals surface area contributed by atoms with Gasteiger partial charge in [-0.05, 0) is 41.0 Å². The van der Waals surface area contributed by atoms with Crippen LogP contribution in [0.2, 0.25) is 0 Å². The van der Waals surface area contributed by atoms with E-state index in [0.717, 1.165) is 6.07 Å². The molecule has 13 heteroatoms. The minimum Gasteiger partial charge on any atom is -0.389 e. The summed E-state index contributed by atoms with van der Waals surface area (Å²) in [6, 6.07) is 12.1. The van der Waals surface area contributed by atoms with E-state index in [4.69, 9.17) is 14.8 Å². The van der Waals surface area contributed by atoms with Crippen LogP contribution in [0.3, 0.4) is 0 Å². The Hall–Kier alpha value is -3.28. The molecular weight excluding hydrogens is 490 g/mol. The van der Waals surface area contributed by atoms with Crippen molar-refractivity contribution in [3.05, 3.63) is 70.1 Å². The number of carbonyl (C=O) groups excluding carboxylic acids is 1. The molecule has 3 rings (SSSR count). The fraction of sp³-hybridized carbons (Fsp3) is 0.100. The van der Waals surface area contributed by atoms with Gasteiger partial charge in [-0.25, -0.2) is 0 Å². The van der Waals surface area contributed by atoms with Crippen molar-refractivity contribution in [2.75, 3.05) is 11.1 Å². The lowest BCUT2D eigenvalue weighted by atomic mass is 10.0. The summed E-state index contributed by atoms with van der Waals surface area (Å²) >= 11 is 1.24. The summed E-state index contributed by atoms with van der Waals surface area (Å²) in [5.41, 5.74) is 7.76. The lowest BCUT2D eigenvalue weighted by molar-refractivity contribution is 0.102. The monoisotopic (exact) mass is 507 g/mol. The van der Waals surface area contributed by atoms with Crippen molar-refractivity contribution < 1.29 is 30.7 Å². The van der Waals surface area contributed by atoms with Crippen LogP contribution in [0.5, 0.6) is 0 Å². The molecule has 0 unspecified atom stereocenters. The summed E-state index contributed by atoms with van der Waals surface area (Å²) in [6.07, 6.45) is 0. The van der Waals surface area contributed by atoms with E-state index in [0.29, 0.717) is 27.4 Å². The summed E-state index contributed by atoms with van der Waals surface area (Å²) in [6.45, 7) is 0. The third-order valence-electron chi connectivity index (χ3n) is 4.40. The maximum atomic E-state index is 12.7. The molecule has 33 heavy (non-hydrogen) atoms. The Balaban J connectivity index is 1.87. The number of nitrogens with one attached hydrogen (secondary N) is 1. The summed E-state index contributed by atoms with van der Waals surface area (Å²) in [5, 5.41) is 14.0. The summed E-state index contributed by atoms with van der Waals surface area (Å²) in [5.74, 6) is -2.35. The Morgan fingerprint density at radius 2 is 1.55 bits per heavy atom. The molecular formula is C20H17N3O7S3. The third-order valence-corrected chi connectivity index (χ3v) is 6.61. The minimum absolute atomic E-state index is 0.0294. The van der Waals surface area contributed by atoms with Gasteiger partial charge in [-0.15, -0.1) is 11.3 Å². The summed E-state index contributed by atoms with van der Waals surface area (Å²) in [7, 11) is -8.90. The topological polar surface area (TPSA) is 188 Å². The molecule has 3 aromatic rings. The number of nitrogens with zero attached hydrogens (tertiary/aromatic N) is 1. The van der Waals surface area contributed by atoms with E-state index in [1.54, 1.807) is 29.6 Å². The van der Waals surface area contributed by atoms with Gasteiger partial charge in [0.15, 0.2) is 0 Å². The van der Waals surface area contributed by atoms with Crippen LogP contribution < -0.4 is 11.1 Å². The number of nitrogens with two attached hydrogens (primary N) is 1. The highest BCUT2D eigenvalue weighted by Crippen LogP contribution is 2.33. The standard InChI is InChI=1S/C20H17N3O7S3/c21-8-17-18(9-31-19(17)22)14-1-3-16(4-2-14)23-20(24)15-6-12(10-32(25,26)27)5-13(7-15)11-33(28,29)30/h1-7,9H,10-11,22H2,(H,23,24)(H,25,26,27)(H,28,29,30). The lowest BCUT2D eigenvalue weighted by Gasteiger charge is -2.10. The van der Waals surface area contributed by atoms with Crippen LogP contribution in [0.25, 0.3) is 11.1 Å². The zero-order valence-electron chi connectivity index (χ0n) is 16.7. The van der Waals surface area contributed by atoms with Crippen LogP contribution in [-0.2, 0) is 31.7 Å². The first kappa shape index (κ1) is 24.4. The minimum atomic E-state index is -4.45. The molecule has 10 nitrogen and oxygen atoms in total. The van der Waals surface area contributed by atoms with Gasteiger partial charge in [-0.2, -0.15) is 22.1 Å². The number of rotatable bonds is 7. The first-order valence-electron chi connectivity index (χ1n) is 9.06. The van der Waals surface area contributed by atoms with Crippen molar-refractivity contribution >= 4 is 48.2 Å². The largest absolute Gasteiger partial charge is 0.389 e. The van der Waals surface area contributed by atoms with E-state index < -0.39 is 37.6 Å². The van der Waals surface area contributed by atoms with Crippen LogP contribution >= 0.6 is 11.3 Å². The molecule has 0 spiro atoms. The molecule has 0 bridgehead atoms. The smallest absolute Gasteiger partial charge is 0.269 e. The Morgan fingerprint density at radius 3 is 2.03 bits per heavy atom. The highest BCUT2D eigenvalue weighted by Gasteiger charge is 2.16. The van der Waals surface area contributed by atoms with Gasteiger partial charge < -0.3 is 11.1 Å². The van der Waals surface area contributed by atoms with E-state index in [1.807, 2.05) is 6.07 Å². The van der Waals surface area contributed by atoms with Crippen LogP contribution in [0, 0.1) is 11.3 Å². The van der Waals surface area contributed by atoms with Gasteiger partial charge in [0.05, 0.1) is 5.56 Å². The Labute approximate surface area is 193 Å². The molecule has 0 aliphatic rings. The maximum Gasteiger partial charge on any atom is 0.269 e. The number of anilines is 2. The number of hydrogen-bond acceptors (Lipinski definition) is 8. The van der Waals surface area contributed by atoms with Gasteiger partial charge in [0, 0.05) is 22.2 Å². The van der Waals surface area contributed by atoms with E-state index in [-0.39, 0.29) is 16.7 Å². The lowest BCUT2D eigenvalue weighted by Crippen LogP contribution is -2.14. The number of thiophene rings is 1. The Bertz CT molecular complexity index is 1420. The molecule has 0 saturated heterocycles. The normalized spacial score (nSPS) is 11.7. The van der Waals surface area contributed by atoms with Gasteiger partial charge in [0.25, 0.3) is 26.1 Å². The zero-order chi connectivity index (χ0) is 24.4. The van der Waals surface area contributed by atoms with Gasteiger partial charge in [-0.1, -0.05) is 18.2 Å². The molecule has 172 valence electrons. The van der Waals surface area contributed by atoms with Crippen LogP contribution in [0.1, 0.15) is 27.0 Å². The number of carbonyl (C=O) groups is 1. The average molecular weight is 508 g/mol. The van der Waals surface area contributed by atoms with Crippen LogP contribution in [0.15, 0.2) is 47.8 Å². The van der Waals surface area contributed by atoms with E-state index in [2.05, 4.69) is 5.32 Å². The van der Waals surface area contributed by atoms with Crippen LogP contribution in [0.4, 0.5) is 10.7 Å². The van der Waals surface area contributed by atoms with E-state index in [9.17, 15) is 26.9 Å². The van der Waals surface area contributed by atoms with E-state index >= 15 is 0 Å². The quantitative estimate of drug-likeness (QED) is 0.349. The third kappa shape index (κ3) is 6.60. The molecule has 0 aliphatic heterocycles. The average Bonchev–Trinajstić information content (AvgIpc) is 3.06. The fourth-order valence-corrected chi connectivity index (χ4v) is 5.07. The molecule has 0 aliphatic carbocycles. The first-order chi connectivity index (χ1) is 15.3. The number of benzene rings is 2. The number of amides is 1.